The van der Waals surface area contributed by atoms with Crippen molar-refractivity contribution >= 4 is 27.7 Å². The molecular weight excluding hydrogens is 464 g/mol. The number of hydrogen-bond donors (Lipinski definition) is 1. The number of carbonyl (C=O) groups is 1. The summed E-state index contributed by atoms with van der Waals surface area (Å²) in [6.07, 6.45) is 3.25. The normalized spacial score (nSPS) is 15.8. The van der Waals surface area contributed by atoms with Gasteiger partial charge in [-0.05, 0) is 60.9 Å². The van der Waals surface area contributed by atoms with E-state index in [4.69, 9.17) is 9.47 Å². The number of sulfonamides is 1. The largest absolute Gasteiger partial charge is 0.497 e. The molecule has 4 rings (SSSR count). The van der Waals surface area contributed by atoms with Crippen LogP contribution in [0.25, 0.3) is 6.08 Å². The maximum atomic E-state index is 13.3. The van der Waals surface area contributed by atoms with E-state index in [1.807, 2.05) is 53.4 Å². The molecule has 1 aliphatic heterocycles. The molecule has 1 saturated heterocycles. The van der Waals surface area contributed by atoms with Gasteiger partial charge in [0.2, 0.25) is 0 Å². The zero-order valence-corrected chi connectivity index (χ0v) is 20.5. The minimum atomic E-state index is -3.69. The maximum absolute atomic E-state index is 13.3. The van der Waals surface area contributed by atoms with Gasteiger partial charge in [-0.25, -0.2) is 8.42 Å². The molecule has 1 heterocycles. The maximum Gasteiger partial charge on any atom is 0.255 e. The fourth-order valence-corrected chi connectivity index (χ4v) is 5.07. The summed E-state index contributed by atoms with van der Waals surface area (Å²) in [4.78, 5) is 15.2. The third-order valence-electron chi connectivity index (χ3n) is 5.94. The van der Waals surface area contributed by atoms with Crippen LogP contribution in [0.2, 0.25) is 0 Å². The van der Waals surface area contributed by atoms with Crippen LogP contribution in [-0.4, -0.2) is 40.0 Å². The standard InChI is InChI=1S/C27H28N2O5S/c1-33-23-14-15-24(26(19-23)34-2)25-9-6-17-29(25)27(30)21-10-12-22(13-11-21)28-35(31,32)18-16-20-7-4-3-5-8-20/h3-5,7-8,10-16,18-19,25,28H,6,9,17H2,1-2H3/b18-16+. The summed E-state index contributed by atoms with van der Waals surface area (Å²) in [7, 11) is -0.484. The molecular formula is C27H28N2O5S. The van der Waals surface area contributed by atoms with Gasteiger partial charge in [0.25, 0.3) is 15.9 Å². The molecule has 3 aromatic rings. The zero-order valence-electron chi connectivity index (χ0n) is 19.7. The van der Waals surface area contributed by atoms with Crippen molar-refractivity contribution in [3.8, 4) is 11.5 Å². The van der Waals surface area contributed by atoms with E-state index in [1.54, 1.807) is 38.5 Å². The summed E-state index contributed by atoms with van der Waals surface area (Å²) < 4.78 is 38.2. The Morgan fingerprint density at radius 3 is 2.43 bits per heavy atom. The molecule has 0 saturated carbocycles. The number of ether oxygens (including phenoxy) is 2. The lowest BCUT2D eigenvalue weighted by molar-refractivity contribution is 0.0734. The van der Waals surface area contributed by atoms with E-state index in [-0.39, 0.29) is 11.9 Å². The van der Waals surface area contributed by atoms with Crippen molar-refractivity contribution in [1.29, 1.82) is 0 Å². The van der Waals surface area contributed by atoms with E-state index >= 15 is 0 Å². The zero-order chi connectivity index (χ0) is 24.8. The molecule has 0 spiro atoms. The molecule has 1 fully saturated rings. The number of anilines is 1. The van der Waals surface area contributed by atoms with E-state index in [9.17, 15) is 13.2 Å². The van der Waals surface area contributed by atoms with Crippen molar-refractivity contribution in [1.82, 2.24) is 4.90 Å². The number of benzene rings is 3. The Labute approximate surface area is 206 Å². The van der Waals surface area contributed by atoms with Crippen LogP contribution in [-0.2, 0) is 10.0 Å². The first kappa shape index (κ1) is 24.3. The number of nitrogens with one attached hydrogen (secondary N) is 1. The van der Waals surface area contributed by atoms with Gasteiger partial charge >= 0.3 is 0 Å². The average Bonchev–Trinajstić information content (AvgIpc) is 3.37. The first-order chi connectivity index (χ1) is 16.9. The second kappa shape index (κ2) is 10.7. The molecule has 1 atom stereocenters. The first-order valence-electron chi connectivity index (χ1n) is 11.3. The number of carbonyl (C=O) groups excluding carboxylic acids is 1. The van der Waals surface area contributed by atoms with Crippen molar-refractivity contribution in [2.75, 3.05) is 25.5 Å². The molecule has 0 radical (unpaired) electrons. The van der Waals surface area contributed by atoms with Crippen molar-refractivity contribution < 1.29 is 22.7 Å². The van der Waals surface area contributed by atoms with Crippen LogP contribution in [0.3, 0.4) is 0 Å². The predicted octanol–water partition coefficient (Wildman–Crippen LogP) is 5.09. The van der Waals surface area contributed by atoms with E-state index in [2.05, 4.69) is 4.72 Å². The molecule has 3 aromatic carbocycles. The Hall–Kier alpha value is -3.78. The monoisotopic (exact) mass is 492 g/mol. The Morgan fingerprint density at radius 1 is 1.00 bits per heavy atom. The summed E-state index contributed by atoms with van der Waals surface area (Å²) >= 11 is 0. The molecule has 0 aromatic heterocycles. The lowest BCUT2D eigenvalue weighted by Gasteiger charge is -2.26. The van der Waals surface area contributed by atoms with Crippen LogP contribution >= 0.6 is 0 Å². The third-order valence-corrected chi connectivity index (χ3v) is 6.96. The highest BCUT2D eigenvalue weighted by Crippen LogP contribution is 2.39. The first-order valence-corrected chi connectivity index (χ1v) is 12.8. The van der Waals surface area contributed by atoms with Crippen molar-refractivity contribution in [2.45, 2.75) is 18.9 Å². The molecule has 1 unspecified atom stereocenters. The molecule has 8 heteroatoms. The molecule has 0 aliphatic carbocycles. The van der Waals surface area contributed by atoms with Crippen molar-refractivity contribution in [3.05, 3.63) is 94.9 Å². The molecule has 35 heavy (non-hydrogen) atoms. The smallest absolute Gasteiger partial charge is 0.255 e. The fraction of sp³-hybridized carbons (Fsp3) is 0.222. The van der Waals surface area contributed by atoms with Gasteiger partial charge in [0.05, 0.1) is 25.7 Å². The van der Waals surface area contributed by atoms with Gasteiger partial charge in [-0.3, -0.25) is 9.52 Å². The Kier molecular flexibility index (Phi) is 7.41. The summed E-state index contributed by atoms with van der Waals surface area (Å²) in [5.41, 5.74) is 2.60. The second-order valence-corrected chi connectivity index (χ2v) is 9.77. The lowest BCUT2D eigenvalue weighted by atomic mass is 10.0. The van der Waals surface area contributed by atoms with Gasteiger partial charge in [-0.15, -0.1) is 0 Å². The highest BCUT2D eigenvalue weighted by atomic mass is 32.2. The summed E-state index contributed by atoms with van der Waals surface area (Å²) in [5, 5.41) is 1.12. The quantitative estimate of drug-likeness (QED) is 0.473. The van der Waals surface area contributed by atoms with Crippen molar-refractivity contribution in [3.63, 3.8) is 0 Å². The third kappa shape index (κ3) is 5.84. The van der Waals surface area contributed by atoms with Crippen molar-refractivity contribution in [2.24, 2.45) is 0 Å². The number of amides is 1. The van der Waals surface area contributed by atoms with Gasteiger partial charge in [0.15, 0.2) is 0 Å². The topological polar surface area (TPSA) is 84.9 Å². The minimum Gasteiger partial charge on any atom is -0.497 e. The molecule has 0 bridgehead atoms. The van der Waals surface area contributed by atoms with Gasteiger partial charge in [-0.2, -0.15) is 0 Å². The van der Waals surface area contributed by atoms with Crippen LogP contribution in [0.5, 0.6) is 11.5 Å². The highest BCUT2D eigenvalue weighted by molar-refractivity contribution is 7.95. The van der Waals surface area contributed by atoms with Crippen LogP contribution < -0.4 is 14.2 Å². The van der Waals surface area contributed by atoms with Crippen LogP contribution in [0, 0.1) is 0 Å². The average molecular weight is 493 g/mol. The summed E-state index contributed by atoms with van der Waals surface area (Å²) in [6.45, 7) is 0.636. The number of nitrogens with zero attached hydrogens (tertiary/aromatic N) is 1. The van der Waals surface area contributed by atoms with E-state index in [0.29, 0.717) is 29.3 Å². The highest BCUT2D eigenvalue weighted by Gasteiger charge is 2.32. The Balaban J connectivity index is 1.47. The number of hydrogen-bond acceptors (Lipinski definition) is 5. The van der Waals surface area contributed by atoms with E-state index < -0.39 is 10.0 Å². The molecule has 182 valence electrons. The van der Waals surface area contributed by atoms with Crippen LogP contribution in [0.1, 0.15) is 40.4 Å². The minimum absolute atomic E-state index is 0.107. The fourth-order valence-electron chi connectivity index (χ4n) is 4.20. The second-order valence-electron chi connectivity index (χ2n) is 8.20. The molecule has 7 nitrogen and oxygen atoms in total. The van der Waals surface area contributed by atoms with E-state index in [1.165, 1.54) is 6.08 Å². The summed E-state index contributed by atoms with van der Waals surface area (Å²) in [5.74, 6) is 1.27. The Bertz CT molecular complexity index is 1310. The van der Waals surface area contributed by atoms with Gasteiger partial charge in [0, 0.05) is 29.4 Å². The van der Waals surface area contributed by atoms with Gasteiger partial charge in [-0.1, -0.05) is 30.3 Å². The lowest BCUT2D eigenvalue weighted by Crippen LogP contribution is -2.30. The van der Waals surface area contributed by atoms with Gasteiger partial charge < -0.3 is 14.4 Å². The molecule has 1 N–H and O–H groups in total. The number of likely N-dealkylation sites (tertiary alicyclic amines) is 1. The molecule has 1 aliphatic rings. The molecule has 1 amide bonds. The van der Waals surface area contributed by atoms with E-state index in [0.717, 1.165) is 29.4 Å². The Morgan fingerprint density at radius 2 is 1.74 bits per heavy atom. The predicted molar refractivity (Wildman–Crippen MR) is 137 cm³/mol. The van der Waals surface area contributed by atoms with Crippen LogP contribution in [0.4, 0.5) is 5.69 Å². The van der Waals surface area contributed by atoms with Crippen LogP contribution in [0.15, 0.2) is 78.2 Å². The SMILES string of the molecule is COc1ccc(C2CCCN2C(=O)c2ccc(NS(=O)(=O)/C=C/c3ccccc3)cc2)c(OC)c1. The summed E-state index contributed by atoms with van der Waals surface area (Å²) in [6, 6.07) is 21.2. The number of methoxy groups -OCH3 is 2. The van der Waals surface area contributed by atoms with Gasteiger partial charge in [0.1, 0.15) is 11.5 Å². The number of rotatable bonds is 8.